The van der Waals surface area contributed by atoms with Gasteiger partial charge >= 0.3 is 0 Å². The molecule has 2 aromatic heterocycles. The van der Waals surface area contributed by atoms with Crippen molar-refractivity contribution in [2.24, 2.45) is 0 Å². The number of aliphatic hydroxyl groups excluding tert-OH is 1. The van der Waals surface area contributed by atoms with Crippen LogP contribution in [-0.2, 0) is 4.74 Å². The van der Waals surface area contributed by atoms with Gasteiger partial charge in [0.05, 0.1) is 17.3 Å². The van der Waals surface area contributed by atoms with Gasteiger partial charge in [0.15, 0.2) is 6.23 Å². The minimum atomic E-state index is -0.187. The van der Waals surface area contributed by atoms with Gasteiger partial charge in [0, 0.05) is 30.2 Å². The van der Waals surface area contributed by atoms with Crippen molar-refractivity contribution in [1.29, 1.82) is 0 Å². The number of pyridine rings is 1. The van der Waals surface area contributed by atoms with Gasteiger partial charge in [-0.1, -0.05) is 6.07 Å². The van der Waals surface area contributed by atoms with E-state index >= 15 is 0 Å². The maximum atomic E-state index is 11.8. The van der Waals surface area contributed by atoms with Crippen molar-refractivity contribution >= 4 is 10.9 Å². The third-order valence-corrected chi connectivity index (χ3v) is 6.36. The van der Waals surface area contributed by atoms with Crippen molar-refractivity contribution in [2.75, 3.05) is 6.61 Å². The summed E-state index contributed by atoms with van der Waals surface area (Å²) in [6.07, 6.45) is 8.28. The van der Waals surface area contributed by atoms with Crippen LogP contribution in [0.1, 0.15) is 62.8 Å². The summed E-state index contributed by atoms with van der Waals surface area (Å²) in [5.41, 5.74) is 4.02. The van der Waals surface area contributed by atoms with Gasteiger partial charge in [0.1, 0.15) is 0 Å². The van der Waals surface area contributed by atoms with E-state index in [9.17, 15) is 9.90 Å². The van der Waals surface area contributed by atoms with Crippen molar-refractivity contribution < 1.29 is 9.84 Å². The van der Waals surface area contributed by atoms with E-state index in [0.29, 0.717) is 5.92 Å². The molecule has 152 valence electrons. The second-order valence-electron chi connectivity index (χ2n) is 8.33. The standard InChI is InChI=1S/C23H27N3O3/c27-18-7-4-15(5-8-18)23-19-13-16(17-10-11-24-21(28)14-17)6-9-20(19)26(25-23)22-3-1-2-12-29-22/h6,9-11,13-15,18,22,27H,1-5,7-8,12H2,(H,24,28)/t15-,18-,22?. The molecule has 1 saturated heterocycles. The predicted molar refractivity (Wildman–Crippen MR) is 112 cm³/mol. The molecule has 1 atom stereocenters. The average Bonchev–Trinajstić information content (AvgIpc) is 3.14. The number of nitrogens with one attached hydrogen (secondary N) is 1. The summed E-state index contributed by atoms with van der Waals surface area (Å²) in [5, 5.41) is 16.1. The number of hydrogen-bond acceptors (Lipinski definition) is 4. The predicted octanol–water partition coefficient (Wildman–Crippen LogP) is 4.11. The number of rotatable bonds is 3. The lowest BCUT2D eigenvalue weighted by atomic mass is 9.84. The Hall–Kier alpha value is -2.44. The van der Waals surface area contributed by atoms with Gasteiger partial charge in [-0.15, -0.1) is 0 Å². The first-order valence-electron chi connectivity index (χ1n) is 10.7. The van der Waals surface area contributed by atoms with E-state index in [2.05, 4.69) is 27.9 Å². The topological polar surface area (TPSA) is 80.1 Å². The molecule has 29 heavy (non-hydrogen) atoms. The van der Waals surface area contributed by atoms with Crippen LogP contribution < -0.4 is 5.56 Å². The number of fused-ring (bicyclic) bond motifs is 1. The van der Waals surface area contributed by atoms with Gasteiger partial charge in [-0.05, 0) is 74.3 Å². The molecule has 1 unspecified atom stereocenters. The van der Waals surface area contributed by atoms with Crippen molar-refractivity contribution in [1.82, 2.24) is 14.8 Å². The Labute approximate surface area is 169 Å². The van der Waals surface area contributed by atoms with Gasteiger partial charge in [-0.25, -0.2) is 4.68 Å². The average molecular weight is 393 g/mol. The maximum absolute atomic E-state index is 11.8. The third kappa shape index (κ3) is 3.63. The number of benzene rings is 1. The van der Waals surface area contributed by atoms with Crippen LogP contribution in [-0.4, -0.2) is 32.6 Å². The summed E-state index contributed by atoms with van der Waals surface area (Å²) >= 11 is 0. The second kappa shape index (κ2) is 7.76. The van der Waals surface area contributed by atoms with Crippen LogP contribution in [0.2, 0.25) is 0 Å². The molecule has 1 aliphatic carbocycles. The number of aromatic amines is 1. The summed E-state index contributed by atoms with van der Waals surface area (Å²) in [6, 6.07) is 9.89. The zero-order valence-electron chi connectivity index (χ0n) is 16.5. The van der Waals surface area contributed by atoms with Crippen LogP contribution in [0.25, 0.3) is 22.0 Å². The Morgan fingerprint density at radius 1 is 1.03 bits per heavy atom. The molecule has 1 aliphatic heterocycles. The molecule has 6 heteroatoms. The lowest BCUT2D eigenvalue weighted by Gasteiger charge is -2.25. The summed E-state index contributed by atoms with van der Waals surface area (Å²) in [7, 11) is 0. The summed E-state index contributed by atoms with van der Waals surface area (Å²) in [4.78, 5) is 14.5. The summed E-state index contributed by atoms with van der Waals surface area (Å²) < 4.78 is 8.10. The highest BCUT2D eigenvalue weighted by Crippen LogP contribution is 2.39. The lowest BCUT2D eigenvalue weighted by Crippen LogP contribution is -2.20. The second-order valence-corrected chi connectivity index (χ2v) is 8.33. The summed E-state index contributed by atoms with van der Waals surface area (Å²) in [6.45, 7) is 0.780. The van der Waals surface area contributed by atoms with Crippen LogP contribution in [0.3, 0.4) is 0 Å². The number of ether oxygens (including phenoxy) is 1. The van der Waals surface area contributed by atoms with Crippen molar-refractivity contribution in [3.05, 3.63) is 52.6 Å². The molecule has 0 bridgehead atoms. The number of aromatic nitrogens is 3. The molecule has 5 rings (SSSR count). The molecule has 3 heterocycles. The van der Waals surface area contributed by atoms with Crippen LogP contribution in [0.15, 0.2) is 41.3 Å². The van der Waals surface area contributed by atoms with Gasteiger partial charge in [0.2, 0.25) is 5.56 Å². The monoisotopic (exact) mass is 393 g/mol. The van der Waals surface area contributed by atoms with Gasteiger partial charge in [0.25, 0.3) is 0 Å². The molecule has 0 radical (unpaired) electrons. The van der Waals surface area contributed by atoms with Crippen LogP contribution in [0.5, 0.6) is 0 Å². The molecule has 1 aromatic carbocycles. The van der Waals surface area contributed by atoms with E-state index in [4.69, 9.17) is 9.84 Å². The Morgan fingerprint density at radius 2 is 1.86 bits per heavy atom. The van der Waals surface area contributed by atoms with Crippen LogP contribution >= 0.6 is 0 Å². The molecular weight excluding hydrogens is 366 g/mol. The maximum Gasteiger partial charge on any atom is 0.248 e. The first-order chi connectivity index (χ1) is 14.2. The van der Waals surface area contributed by atoms with E-state index in [0.717, 1.165) is 79.3 Å². The van der Waals surface area contributed by atoms with E-state index < -0.39 is 0 Å². The Balaban J connectivity index is 1.62. The fraction of sp³-hybridized carbons (Fsp3) is 0.478. The van der Waals surface area contributed by atoms with E-state index in [-0.39, 0.29) is 17.9 Å². The Kier molecular flexibility index (Phi) is 4.97. The number of nitrogens with zero attached hydrogens (tertiary/aromatic N) is 2. The highest BCUT2D eigenvalue weighted by Gasteiger charge is 2.28. The van der Waals surface area contributed by atoms with Gasteiger partial charge in [-0.2, -0.15) is 5.10 Å². The number of hydrogen-bond donors (Lipinski definition) is 2. The normalized spacial score (nSPS) is 25.3. The SMILES string of the molecule is O=c1cc(-c2ccc3c(c2)c([C@H]2CC[C@H](O)CC2)nn3C2CCCCO2)cc[nH]1. The zero-order valence-corrected chi connectivity index (χ0v) is 16.5. The van der Waals surface area contributed by atoms with E-state index in [1.54, 1.807) is 12.3 Å². The molecule has 0 spiro atoms. The number of aliphatic hydroxyl groups is 1. The van der Waals surface area contributed by atoms with Crippen molar-refractivity contribution in [3.63, 3.8) is 0 Å². The molecule has 2 aliphatic rings. The molecule has 0 amide bonds. The van der Waals surface area contributed by atoms with Crippen molar-refractivity contribution in [2.45, 2.75) is 63.2 Å². The Morgan fingerprint density at radius 3 is 2.62 bits per heavy atom. The molecule has 2 fully saturated rings. The minimum absolute atomic E-state index is 0.0143. The lowest BCUT2D eigenvalue weighted by molar-refractivity contribution is -0.0370. The third-order valence-electron chi connectivity index (χ3n) is 6.36. The van der Waals surface area contributed by atoms with Crippen LogP contribution in [0, 0.1) is 0 Å². The molecule has 6 nitrogen and oxygen atoms in total. The largest absolute Gasteiger partial charge is 0.393 e. The molecular formula is C23H27N3O3. The van der Waals surface area contributed by atoms with Gasteiger partial charge < -0.3 is 14.8 Å². The molecule has 2 N–H and O–H groups in total. The minimum Gasteiger partial charge on any atom is -0.393 e. The van der Waals surface area contributed by atoms with E-state index in [1.807, 2.05) is 6.07 Å². The molecule has 1 saturated carbocycles. The molecule has 3 aromatic rings. The fourth-order valence-corrected chi connectivity index (χ4v) is 4.76. The first-order valence-corrected chi connectivity index (χ1v) is 10.7. The highest BCUT2D eigenvalue weighted by atomic mass is 16.5. The van der Waals surface area contributed by atoms with Gasteiger partial charge in [-0.3, -0.25) is 4.79 Å². The Bertz CT molecular complexity index is 1060. The first kappa shape index (κ1) is 18.6. The smallest absolute Gasteiger partial charge is 0.248 e. The van der Waals surface area contributed by atoms with E-state index in [1.165, 1.54) is 0 Å². The van der Waals surface area contributed by atoms with Crippen molar-refractivity contribution in [3.8, 4) is 11.1 Å². The van der Waals surface area contributed by atoms with Crippen LogP contribution in [0.4, 0.5) is 0 Å². The number of H-pyrrole nitrogens is 1. The quantitative estimate of drug-likeness (QED) is 0.702. The fourth-order valence-electron chi connectivity index (χ4n) is 4.76. The highest BCUT2D eigenvalue weighted by molar-refractivity contribution is 5.87. The zero-order chi connectivity index (χ0) is 19.8. The summed E-state index contributed by atoms with van der Waals surface area (Å²) in [5.74, 6) is 0.347.